The number of nitrogens with zero attached hydrogens (tertiary/aromatic N) is 2. The molecule has 0 radical (unpaired) electrons. The van der Waals surface area contributed by atoms with Crippen LogP contribution < -0.4 is 24.8 Å². The molecule has 0 aliphatic carbocycles. The van der Waals surface area contributed by atoms with Crippen LogP contribution in [-0.4, -0.2) is 120 Å². The van der Waals surface area contributed by atoms with Gasteiger partial charge in [-0.3, -0.25) is 0 Å². The molecule has 0 amide bonds. The van der Waals surface area contributed by atoms with E-state index in [4.69, 9.17) is 26.6 Å². The molecular formula is C65H142Cl2N2O6Si2. The van der Waals surface area contributed by atoms with Crippen molar-refractivity contribution in [1.29, 1.82) is 0 Å². The van der Waals surface area contributed by atoms with Gasteiger partial charge in [-0.1, -0.05) is 229 Å². The molecule has 8 nitrogen and oxygen atoms in total. The van der Waals surface area contributed by atoms with Crippen LogP contribution >= 0.6 is 0 Å². The van der Waals surface area contributed by atoms with E-state index in [1.54, 1.807) is 0 Å². The topological polar surface area (TPSA) is 55.4 Å². The number of hydrogen-bond donors (Lipinski definition) is 0. The Morgan fingerprint density at radius 3 is 0.636 bits per heavy atom. The summed E-state index contributed by atoms with van der Waals surface area (Å²) in [6.07, 6.45) is 53.7. The Morgan fingerprint density at radius 1 is 0.221 bits per heavy atom. The second kappa shape index (κ2) is 62.7. The number of rotatable bonds is 61. The van der Waals surface area contributed by atoms with Crippen LogP contribution in [-0.2, 0) is 26.6 Å². The summed E-state index contributed by atoms with van der Waals surface area (Å²) in [5.41, 5.74) is 0. The predicted octanol–water partition coefficient (Wildman–Crippen LogP) is 14.3. The van der Waals surface area contributed by atoms with Crippen LogP contribution in [0.3, 0.4) is 0 Å². The number of hydrogen-bond acceptors (Lipinski definition) is 6. The first-order valence-electron chi connectivity index (χ1n) is 34.0. The molecule has 0 bridgehead atoms. The van der Waals surface area contributed by atoms with E-state index in [0.29, 0.717) is 0 Å². The summed E-state index contributed by atoms with van der Waals surface area (Å²) in [5.74, 6) is 0. The molecule has 0 N–H and O–H groups in total. The van der Waals surface area contributed by atoms with Crippen LogP contribution in [0.25, 0.3) is 0 Å². The van der Waals surface area contributed by atoms with Gasteiger partial charge in [0.25, 0.3) is 0 Å². The highest BCUT2D eigenvalue weighted by atomic mass is 35.5. The predicted molar refractivity (Wildman–Crippen MR) is 335 cm³/mol. The van der Waals surface area contributed by atoms with Crippen molar-refractivity contribution in [3.63, 3.8) is 0 Å². The summed E-state index contributed by atoms with van der Waals surface area (Å²) in [7, 11) is 2.16. The van der Waals surface area contributed by atoms with Gasteiger partial charge in [0.1, 0.15) is 0 Å². The van der Waals surface area contributed by atoms with Gasteiger partial charge >= 0.3 is 17.6 Å². The SMILES string of the molecule is CCCCCCCCCCCCC[N+](C)(CCCCCCCCCCCCC)CCC[Si](OCCC)(OCCC)OCCC.CCCCCCCCCCCC[N+](C)(C)CCC[Si](OCCC)(OCCC)OCCC.[Cl-].[Cl-]. The van der Waals surface area contributed by atoms with Gasteiger partial charge in [0.15, 0.2) is 0 Å². The summed E-state index contributed by atoms with van der Waals surface area (Å²) < 4.78 is 40.4. The van der Waals surface area contributed by atoms with Gasteiger partial charge in [0, 0.05) is 64.6 Å². The molecule has 0 unspecified atom stereocenters. The zero-order chi connectivity index (χ0) is 55.7. The minimum absolute atomic E-state index is 0. The maximum absolute atomic E-state index is 6.43. The van der Waals surface area contributed by atoms with Crippen molar-refractivity contribution in [2.45, 2.75) is 331 Å². The lowest BCUT2D eigenvalue weighted by Gasteiger charge is -2.36. The smallest absolute Gasteiger partial charge is 0.501 e. The fourth-order valence-electron chi connectivity index (χ4n) is 10.4. The van der Waals surface area contributed by atoms with E-state index < -0.39 is 17.6 Å². The molecule has 0 saturated heterocycles. The van der Waals surface area contributed by atoms with E-state index in [9.17, 15) is 0 Å². The van der Waals surface area contributed by atoms with Crippen molar-refractivity contribution >= 4 is 17.6 Å². The van der Waals surface area contributed by atoms with Crippen LogP contribution in [0.2, 0.25) is 12.1 Å². The summed E-state index contributed by atoms with van der Waals surface area (Å²) in [5, 5.41) is 0. The summed E-state index contributed by atoms with van der Waals surface area (Å²) in [6.45, 7) is 30.8. The van der Waals surface area contributed by atoms with Gasteiger partial charge in [0.2, 0.25) is 0 Å². The zero-order valence-corrected chi connectivity index (χ0v) is 58.1. The van der Waals surface area contributed by atoms with Crippen molar-refractivity contribution in [1.82, 2.24) is 0 Å². The average molecular weight is 1170 g/mol. The van der Waals surface area contributed by atoms with Crippen LogP contribution in [0.5, 0.6) is 0 Å². The Hall–Kier alpha value is 0.694. The summed E-state index contributed by atoms with van der Waals surface area (Å²) >= 11 is 0. The molecule has 0 aromatic rings. The van der Waals surface area contributed by atoms with E-state index in [1.807, 2.05) is 0 Å². The van der Waals surface area contributed by atoms with Gasteiger partial charge in [-0.05, 0) is 77.0 Å². The Kier molecular flexibility index (Phi) is 68.6. The lowest BCUT2D eigenvalue weighted by atomic mass is 10.0. The number of halogens is 2. The van der Waals surface area contributed by atoms with Gasteiger partial charge in [0.05, 0.1) is 53.9 Å². The zero-order valence-electron chi connectivity index (χ0n) is 54.6. The first-order valence-corrected chi connectivity index (χ1v) is 37.8. The minimum Gasteiger partial charge on any atom is -1.00 e. The average Bonchev–Trinajstić information content (AvgIpc) is 3.40. The van der Waals surface area contributed by atoms with Crippen LogP contribution in [0.1, 0.15) is 319 Å². The third-order valence-electron chi connectivity index (χ3n) is 15.3. The molecule has 0 rings (SSSR count). The summed E-state index contributed by atoms with van der Waals surface area (Å²) in [4.78, 5) is 0. The van der Waals surface area contributed by atoms with Crippen molar-refractivity contribution in [3.8, 4) is 0 Å². The molecule has 0 aliphatic rings. The number of quaternary nitrogens is 2. The second-order valence-corrected chi connectivity index (χ2v) is 29.6. The fourth-order valence-corrected chi connectivity index (χ4v) is 16.1. The lowest BCUT2D eigenvalue weighted by Crippen LogP contribution is -3.00. The second-order valence-electron chi connectivity index (χ2n) is 24.1. The van der Waals surface area contributed by atoms with Crippen molar-refractivity contribution in [3.05, 3.63) is 0 Å². The molecule has 0 spiro atoms. The maximum Gasteiger partial charge on any atom is 0.501 e. The molecule has 12 heteroatoms. The van der Waals surface area contributed by atoms with E-state index >= 15 is 0 Å². The maximum atomic E-state index is 6.43. The molecule has 0 aliphatic heterocycles. The molecule has 77 heavy (non-hydrogen) atoms. The standard InChI is InChI=1S/C39H84NO3Si.C26H58NO3Si.2ClH/c1-7-12-14-16-18-20-22-24-26-28-30-33-40(6,34-31-29-27-25-23-21-19-17-15-13-8-2)35-32-39-44(41-36-9-3,42-37-10-4)43-38-11-5;1-7-11-12-13-14-15-16-17-18-19-21-27(5,6)22-20-26-31(28-23-8-2,29-24-9-3)30-25-10-4;;/h7-39H2,1-6H3;7-26H2,1-6H3;2*1H/q2*+1;;/p-2. The van der Waals surface area contributed by atoms with Gasteiger partial charge < -0.3 is 60.3 Å². The van der Waals surface area contributed by atoms with Crippen molar-refractivity contribution < 1.29 is 60.3 Å². The van der Waals surface area contributed by atoms with Gasteiger partial charge in [-0.25, -0.2) is 0 Å². The molecule has 0 aromatic carbocycles. The van der Waals surface area contributed by atoms with E-state index in [2.05, 4.69) is 83.5 Å². The quantitative estimate of drug-likeness (QED) is 0.0344. The molecule has 0 saturated carbocycles. The lowest BCUT2D eigenvalue weighted by molar-refractivity contribution is -0.910. The van der Waals surface area contributed by atoms with E-state index in [0.717, 1.165) is 108 Å². The molecule has 0 fully saturated rings. The number of unbranched alkanes of at least 4 members (excludes halogenated alkanes) is 29. The first-order chi connectivity index (χ1) is 36.5. The molecule has 0 aromatic heterocycles. The minimum atomic E-state index is -2.60. The molecule has 470 valence electrons. The highest BCUT2D eigenvalue weighted by Crippen LogP contribution is 2.24. The van der Waals surface area contributed by atoms with Gasteiger partial charge in [-0.2, -0.15) is 0 Å². The van der Waals surface area contributed by atoms with Crippen LogP contribution in [0, 0.1) is 0 Å². The molecule has 0 heterocycles. The van der Waals surface area contributed by atoms with Crippen molar-refractivity contribution in [2.75, 3.05) is 93.5 Å². The van der Waals surface area contributed by atoms with Crippen LogP contribution in [0.15, 0.2) is 0 Å². The Balaban J connectivity index is -0.000000714. The fraction of sp³-hybridized carbons (Fsp3) is 1.00. The Labute approximate surface area is 500 Å². The Morgan fingerprint density at radius 2 is 0.403 bits per heavy atom. The molecule has 0 atom stereocenters. The van der Waals surface area contributed by atoms with E-state index in [-0.39, 0.29) is 24.8 Å². The first kappa shape index (κ1) is 84.1. The van der Waals surface area contributed by atoms with Gasteiger partial charge in [-0.15, -0.1) is 0 Å². The van der Waals surface area contributed by atoms with Crippen molar-refractivity contribution in [2.24, 2.45) is 0 Å². The third kappa shape index (κ3) is 55.6. The highest BCUT2D eigenvalue weighted by Gasteiger charge is 2.42. The largest absolute Gasteiger partial charge is 1.00 e. The highest BCUT2D eigenvalue weighted by molar-refractivity contribution is 6.61. The molecular weight excluding hydrogens is 1030 g/mol. The third-order valence-corrected chi connectivity index (χ3v) is 21.1. The summed E-state index contributed by atoms with van der Waals surface area (Å²) in [6, 6.07) is 1.92. The normalized spacial score (nSPS) is 12.2. The monoisotopic (exact) mass is 1170 g/mol. The van der Waals surface area contributed by atoms with Crippen LogP contribution in [0.4, 0.5) is 0 Å². The van der Waals surface area contributed by atoms with E-state index in [1.165, 1.54) is 243 Å². The Bertz CT molecular complexity index is 1050.